The zero-order valence-corrected chi connectivity index (χ0v) is 12.4. The van der Waals surface area contributed by atoms with Gasteiger partial charge in [0.2, 0.25) is 0 Å². The van der Waals surface area contributed by atoms with Gasteiger partial charge >= 0.3 is 5.97 Å². The standard InChI is InChI=1S/C15H19N3O3/c1-4-21-15(19)11-8-17-18(9-11)12-6-5-7-13(20-3)14(12)10(2)16/h5-10H,4,16H2,1-3H3. The van der Waals surface area contributed by atoms with Crippen LogP contribution in [0, 0.1) is 0 Å². The van der Waals surface area contributed by atoms with Crippen molar-refractivity contribution in [2.45, 2.75) is 19.9 Å². The maximum atomic E-state index is 11.7. The minimum absolute atomic E-state index is 0.230. The number of ether oxygens (including phenoxy) is 2. The van der Waals surface area contributed by atoms with Gasteiger partial charge in [0.25, 0.3) is 0 Å². The Bertz CT molecular complexity index is 635. The molecule has 0 amide bonds. The van der Waals surface area contributed by atoms with Crippen molar-refractivity contribution in [3.05, 3.63) is 41.7 Å². The Morgan fingerprint density at radius 2 is 2.24 bits per heavy atom. The molecule has 6 nitrogen and oxygen atoms in total. The van der Waals surface area contributed by atoms with Crippen LogP contribution in [-0.4, -0.2) is 29.5 Å². The summed E-state index contributed by atoms with van der Waals surface area (Å²) < 4.78 is 11.9. The normalized spacial score (nSPS) is 12.0. The summed E-state index contributed by atoms with van der Waals surface area (Å²) in [6.07, 6.45) is 3.10. The summed E-state index contributed by atoms with van der Waals surface area (Å²) in [6, 6.07) is 5.35. The lowest BCUT2D eigenvalue weighted by molar-refractivity contribution is 0.0526. The molecule has 0 saturated heterocycles. The number of carbonyl (C=O) groups is 1. The Balaban J connectivity index is 2.45. The van der Waals surface area contributed by atoms with E-state index in [9.17, 15) is 4.79 Å². The number of benzene rings is 1. The molecule has 0 spiro atoms. The van der Waals surface area contributed by atoms with Crippen LogP contribution in [0.15, 0.2) is 30.6 Å². The zero-order valence-electron chi connectivity index (χ0n) is 12.4. The minimum Gasteiger partial charge on any atom is -0.496 e. The van der Waals surface area contributed by atoms with E-state index in [4.69, 9.17) is 15.2 Å². The molecule has 1 aromatic heterocycles. The van der Waals surface area contributed by atoms with Crippen LogP contribution in [0.25, 0.3) is 5.69 Å². The van der Waals surface area contributed by atoms with Gasteiger partial charge in [-0.1, -0.05) is 6.07 Å². The molecule has 112 valence electrons. The molecule has 2 rings (SSSR count). The molecule has 0 bridgehead atoms. The Hall–Kier alpha value is -2.34. The molecule has 2 N–H and O–H groups in total. The second-order valence-electron chi connectivity index (χ2n) is 4.58. The number of hydrogen-bond acceptors (Lipinski definition) is 5. The van der Waals surface area contributed by atoms with E-state index in [-0.39, 0.29) is 6.04 Å². The van der Waals surface area contributed by atoms with Gasteiger partial charge in [0, 0.05) is 17.8 Å². The summed E-state index contributed by atoms with van der Waals surface area (Å²) in [5.41, 5.74) is 8.04. The van der Waals surface area contributed by atoms with E-state index >= 15 is 0 Å². The molecule has 0 radical (unpaired) electrons. The first kappa shape index (κ1) is 15.1. The van der Waals surface area contributed by atoms with Gasteiger partial charge in [-0.15, -0.1) is 0 Å². The first-order chi connectivity index (χ1) is 10.1. The van der Waals surface area contributed by atoms with Crippen molar-refractivity contribution in [2.24, 2.45) is 5.73 Å². The van der Waals surface area contributed by atoms with E-state index in [0.29, 0.717) is 17.9 Å². The monoisotopic (exact) mass is 289 g/mol. The third-order valence-corrected chi connectivity index (χ3v) is 3.06. The number of hydrogen-bond donors (Lipinski definition) is 1. The zero-order chi connectivity index (χ0) is 15.4. The number of rotatable bonds is 5. The SMILES string of the molecule is CCOC(=O)c1cnn(-c2cccc(OC)c2C(C)N)c1. The average molecular weight is 289 g/mol. The molecule has 1 aromatic carbocycles. The van der Waals surface area contributed by atoms with Gasteiger partial charge in [-0.2, -0.15) is 5.10 Å². The van der Waals surface area contributed by atoms with Crippen LogP contribution in [-0.2, 0) is 4.74 Å². The summed E-state index contributed by atoms with van der Waals surface area (Å²) in [5, 5.41) is 4.21. The molecule has 1 atom stereocenters. The Morgan fingerprint density at radius 1 is 1.48 bits per heavy atom. The molecular formula is C15H19N3O3. The van der Waals surface area contributed by atoms with Crippen molar-refractivity contribution >= 4 is 5.97 Å². The van der Waals surface area contributed by atoms with Crippen LogP contribution < -0.4 is 10.5 Å². The molecular weight excluding hydrogens is 270 g/mol. The lowest BCUT2D eigenvalue weighted by atomic mass is 10.1. The smallest absolute Gasteiger partial charge is 0.341 e. The second-order valence-corrected chi connectivity index (χ2v) is 4.58. The van der Waals surface area contributed by atoms with E-state index in [1.807, 2.05) is 25.1 Å². The fraction of sp³-hybridized carbons (Fsp3) is 0.333. The quantitative estimate of drug-likeness (QED) is 0.852. The van der Waals surface area contributed by atoms with Crippen LogP contribution in [0.3, 0.4) is 0 Å². The van der Waals surface area contributed by atoms with Gasteiger partial charge in [0.05, 0.1) is 31.2 Å². The Morgan fingerprint density at radius 3 is 2.86 bits per heavy atom. The lowest BCUT2D eigenvalue weighted by Crippen LogP contribution is -2.12. The number of esters is 1. The van der Waals surface area contributed by atoms with Crippen molar-refractivity contribution in [3.8, 4) is 11.4 Å². The average Bonchev–Trinajstić information content (AvgIpc) is 2.96. The predicted molar refractivity (Wildman–Crippen MR) is 78.7 cm³/mol. The Kier molecular flexibility index (Phi) is 4.59. The van der Waals surface area contributed by atoms with Crippen molar-refractivity contribution in [2.75, 3.05) is 13.7 Å². The molecule has 0 saturated carbocycles. The van der Waals surface area contributed by atoms with Gasteiger partial charge in [-0.25, -0.2) is 9.48 Å². The highest BCUT2D eigenvalue weighted by molar-refractivity contribution is 5.88. The molecule has 0 aliphatic heterocycles. The first-order valence-electron chi connectivity index (χ1n) is 6.73. The molecule has 2 aromatic rings. The highest BCUT2D eigenvalue weighted by atomic mass is 16.5. The highest BCUT2D eigenvalue weighted by Gasteiger charge is 2.17. The molecule has 1 heterocycles. The summed E-state index contributed by atoms with van der Waals surface area (Å²) in [4.78, 5) is 11.7. The van der Waals surface area contributed by atoms with Gasteiger partial charge in [0.1, 0.15) is 5.75 Å². The van der Waals surface area contributed by atoms with Crippen LogP contribution in [0.2, 0.25) is 0 Å². The number of nitrogens with two attached hydrogens (primary N) is 1. The molecule has 0 aliphatic carbocycles. The fourth-order valence-electron chi connectivity index (χ4n) is 2.14. The van der Waals surface area contributed by atoms with Gasteiger partial charge in [-0.05, 0) is 26.0 Å². The fourth-order valence-corrected chi connectivity index (χ4v) is 2.14. The number of methoxy groups -OCH3 is 1. The summed E-state index contributed by atoms with van der Waals surface area (Å²) in [5.74, 6) is 0.296. The number of nitrogens with zero attached hydrogens (tertiary/aromatic N) is 2. The molecule has 6 heteroatoms. The molecule has 0 fully saturated rings. The van der Waals surface area contributed by atoms with E-state index in [0.717, 1.165) is 11.3 Å². The van der Waals surface area contributed by atoms with Crippen molar-refractivity contribution in [3.63, 3.8) is 0 Å². The third-order valence-electron chi connectivity index (χ3n) is 3.06. The van der Waals surface area contributed by atoms with Crippen molar-refractivity contribution in [1.29, 1.82) is 0 Å². The van der Waals surface area contributed by atoms with Crippen LogP contribution >= 0.6 is 0 Å². The van der Waals surface area contributed by atoms with Gasteiger partial charge in [-0.3, -0.25) is 0 Å². The number of carbonyl (C=O) groups excluding carboxylic acids is 1. The van der Waals surface area contributed by atoms with Gasteiger partial charge in [0.15, 0.2) is 0 Å². The van der Waals surface area contributed by atoms with Crippen LogP contribution in [0.1, 0.15) is 35.8 Å². The van der Waals surface area contributed by atoms with E-state index in [2.05, 4.69) is 5.10 Å². The maximum Gasteiger partial charge on any atom is 0.341 e. The topological polar surface area (TPSA) is 79.4 Å². The van der Waals surface area contributed by atoms with Crippen LogP contribution in [0.5, 0.6) is 5.75 Å². The summed E-state index contributed by atoms with van der Waals surface area (Å²) >= 11 is 0. The summed E-state index contributed by atoms with van der Waals surface area (Å²) in [7, 11) is 1.60. The Labute approximate surface area is 123 Å². The second kappa shape index (κ2) is 6.41. The van der Waals surface area contributed by atoms with Crippen molar-refractivity contribution in [1.82, 2.24) is 9.78 Å². The third kappa shape index (κ3) is 3.05. The van der Waals surface area contributed by atoms with E-state index < -0.39 is 5.97 Å². The molecule has 1 unspecified atom stereocenters. The highest BCUT2D eigenvalue weighted by Crippen LogP contribution is 2.29. The lowest BCUT2D eigenvalue weighted by Gasteiger charge is -2.16. The number of aromatic nitrogens is 2. The van der Waals surface area contributed by atoms with Crippen molar-refractivity contribution < 1.29 is 14.3 Å². The minimum atomic E-state index is -0.394. The van der Waals surface area contributed by atoms with E-state index in [1.54, 1.807) is 24.9 Å². The largest absolute Gasteiger partial charge is 0.496 e. The molecule has 21 heavy (non-hydrogen) atoms. The predicted octanol–water partition coefficient (Wildman–Crippen LogP) is 2.08. The summed E-state index contributed by atoms with van der Waals surface area (Å²) in [6.45, 7) is 3.96. The maximum absolute atomic E-state index is 11.7. The van der Waals surface area contributed by atoms with E-state index in [1.165, 1.54) is 6.20 Å². The van der Waals surface area contributed by atoms with Crippen LogP contribution in [0.4, 0.5) is 0 Å². The van der Waals surface area contributed by atoms with Gasteiger partial charge < -0.3 is 15.2 Å². The first-order valence-corrected chi connectivity index (χ1v) is 6.73. The molecule has 0 aliphatic rings.